The lowest BCUT2D eigenvalue weighted by Gasteiger charge is -2.30. The van der Waals surface area contributed by atoms with E-state index in [1.807, 2.05) is 6.92 Å². The summed E-state index contributed by atoms with van der Waals surface area (Å²) in [5, 5.41) is 0. The topological polar surface area (TPSA) is 36.9 Å². The van der Waals surface area contributed by atoms with Gasteiger partial charge in [-0.15, -0.1) is 0 Å². The van der Waals surface area contributed by atoms with Crippen LogP contribution in [-0.2, 0) is 18.0 Å². The van der Waals surface area contributed by atoms with Gasteiger partial charge in [0.05, 0.1) is 6.26 Å². The molecule has 1 unspecified atom stereocenters. The minimum absolute atomic E-state index is 0.190. The highest BCUT2D eigenvalue weighted by Crippen LogP contribution is 2.17. The molecule has 0 aliphatic carbocycles. The van der Waals surface area contributed by atoms with Gasteiger partial charge in [-0.1, -0.05) is 13.5 Å². The van der Waals surface area contributed by atoms with Crippen LogP contribution in [0.25, 0.3) is 0 Å². The van der Waals surface area contributed by atoms with Gasteiger partial charge in [0.1, 0.15) is 0 Å². The summed E-state index contributed by atoms with van der Waals surface area (Å²) in [6.07, 6.45) is 2.14. The Labute approximate surface area is 80.8 Å². The lowest BCUT2D eigenvalue weighted by atomic mass is 10.5. The molecule has 0 amide bonds. The average molecular weight is 206 g/mol. The second-order valence-corrected chi connectivity index (χ2v) is 5.49. The molecule has 1 atom stereocenters. The van der Waals surface area contributed by atoms with Gasteiger partial charge in [-0.05, 0) is 6.42 Å². The fourth-order valence-corrected chi connectivity index (χ4v) is 3.24. The molecule has 0 aliphatic heterocycles. The Hall–Kier alpha value is -0.363. The molecule has 0 spiro atoms. The van der Waals surface area contributed by atoms with Crippen LogP contribution in [0.5, 0.6) is 0 Å². The SMILES string of the molecule is C=COC(CC)[Si](OC)(OC)OC. The maximum atomic E-state index is 5.28. The monoisotopic (exact) mass is 206 g/mol. The van der Waals surface area contributed by atoms with Gasteiger partial charge in [0, 0.05) is 21.3 Å². The molecule has 0 saturated carbocycles. The van der Waals surface area contributed by atoms with E-state index in [0.717, 1.165) is 6.42 Å². The normalized spacial score (nSPS) is 13.8. The molecule has 0 rings (SSSR count). The van der Waals surface area contributed by atoms with Gasteiger partial charge in [0.2, 0.25) is 0 Å². The van der Waals surface area contributed by atoms with Crippen LogP contribution in [0.15, 0.2) is 12.8 Å². The molecule has 0 bridgehead atoms. The molecule has 0 fully saturated rings. The highest BCUT2D eigenvalue weighted by molar-refractivity contribution is 6.62. The van der Waals surface area contributed by atoms with E-state index in [4.69, 9.17) is 18.0 Å². The summed E-state index contributed by atoms with van der Waals surface area (Å²) in [7, 11) is 2.03. The van der Waals surface area contributed by atoms with E-state index in [2.05, 4.69) is 6.58 Å². The molecular formula is C8H18O4Si. The molecule has 0 saturated heterocycles. The number of rotatable bonds is 7. The fourth-order valence-electron chi connectivity index (χ4n) is 1.19. The molecule has 0 aromatic carbocycles. The summed E-state index contributed by atoms with van der Waals surface area (Å²) in [5.41, 5.74) is -0.190. The summed E-state index contributed by atoms with van der Waals surface area (Å²) in [5.74, 6) is 0. The first-order chi connectivity index (χ1) is 6.20. The predicted octanol–water partition coefficient (Wildman–Crippen LogP) is 1.34. The Morgan fingerprint density at radius 1 is 1.23 bits per heavy atom. The summed E-state index contributed by atoms with van der Waals surface area (Å²) in [6, 6.07) is 0. The molecule has 0 N–H and O–H groups in total. The molecular weight excluding hydrogens is 188 g/mol. The zero-order valence-electron chi connectivity index (χ0n) is 8.70. The summed E-state index contributed by atoms with van der Waals surface area (Å²) >= 11 is 0. The Morgan fingerprint density at radius 2 is 1.69 bits per heavy atom. The molecule has 0 aromatic rings. The fraction of sp³-hybridized carbons (Fsp3) is 0.750. The van der Waals surface area contributed by atoms with Gasteiger partial charge in [0.15, 0.2) is 5.73 Å². The van der Waals surface area contributed by atoms with Crippen molar-refractivity contribution in [1.82, 2.24) is 0 Å². The Morgan fingerprint density at radius 3 is 1.92 bits per heavy atom. The van der Waals surface area contributed by atoms with Crippen LogP contribution in [0.2, 0.25) is 0 Å². The molecule has 0 heterocycles. The standard InChI is InChI=1S/C8H18O4Si/c1-6-8(12-7-2)13(9-3,10-4)11-5/h7-8H,2,6H2,1,3-5H3. The predicted molar refractivity (Wildman–Crippen MR) is 52.1 cm³/mol. The largest absolute Gasteiger partial charge is 0.543 e. The van der Waals surface area contributed by atoms with Crippen molar-refractivity contribution in [3.05, 3.63) is 12.8 Å². The minimum atomic E-state index is -2.66. The third-order valence-electron chi connectivity index (χ3n) is 1.88. The molecule has 13 heavy (non-hydrogen) atoms. The van der Waals surface area contributed by atoms with Gasteiger partial charge < -0.3 is 18.0 Å². The minimum Gasteiger partial charge on any atom is -0.494 e. The Bertz CT molecular complexity index is 139. The van der Waals surface area contributed by atoms with Crippen molar-refractivity contribution in [2.24, 2.45) is 0 Å². The lowest BCUT2D eigenvalue weighted by Crippen LogP contribution is -2.54. The molecule has 0 aliphatic rings. The van der Waals surface area contributed by atoms with Crippen LogP contribution in [-0.4, -0.2) is 35.9 Å². The first-order valence-electron chi connectivity index (χ1n) is 4.12. The highest BCUT2D eigenvalue weighted by atomic mass is 28.4. The van der Waals surface area contributed by atoms with Crippen molar-refractivity contribution < 1.29 is 18.0 Å². The van der Waals surface area contributed by atoms with E-state index in [9.17, 15) is 0 Å². The second kappa shape index (κ2) is 6.15. The average Bonchev–Trinajstić information content (AvgIpc) is 2.19. The van der Waals surface area contributed by atoms with E-state index in [1.165, 1.54) is 6.26 Å². The highest BCUT2D eigenvalue weighted by Gasteiger charge is 2.48. The van der Waals surface area contributed by atoms with Gasteiger partial charge in [0.25, 0.3) is 0 Å². The lowest BCUT2D eigenvalue weighted by molar-refractivity contribution is 0.0499. The van der Waals surface area contributed by atoms with Crippen LogP contribution >= 0.6 is 0 Å². The Balaban J connectivity index is 4.54. The molecule has 78 valence electrons. The smallest absolute Gasteiger partial charge is 0.494 e. The van der Waals surface area contributed by atoms with Crippen LogP contribution < -0.4 is 0 Å². The maximum absolute atomic E-state index is 5.28. The molecule has 5 heteroatoms. The van der Waals surface area contributed by atoms with Gasteiger partial charge in [-0.25, -0.2) is 0 Å². The second-order valence-electron chi connectivity index (χ2n) is 2.42. The molecule has 0 radical (unpaired) electrons. The maximum Gasteiger partial charge on any atom is 0.543 e. The number of hydrogen-bond acceptors (Lipinski definition) is 4. The Kier molecular flexibility index (Phi) is 5.97. The van der Waals surface area contributed by atoms with Crippen LogP contribution in [0, 0.1) is 0 Å². The summed E-state index contributed by atoms with van der Waals surface area (Å²) in [6.45, 7) is 5.48. The van der Waals surface area contributed by atoms with Crippen molar-refractivity contribution in [1.29, 1.82) is 0 Å². The van der Waals surface area contributed by atoms with Gasteiger partial charge in [-0.2, -0.15) is 0 Å². The van der Waals surface area contributed by atoms with Crippen LogP contribution in [0.4, 0.5) is 0 Å². The zero-order valence-corrected chi connectivity index (χ0v) is 9.70. The van der Waals surface area contributed by atoms with Crippen LogP contribution in [0.1, 0.15) is 13.3 Å². The van der Waals surface area contributed by atoms with Crippen molar-refractivity contribution in [2.45, 2.75) is 19.1 Å². The van der Waals surface area contributed by atoms with E-state index in [1.54, 1.807) is 21.3 Å². The molecule has 4 nitrogen and oxygen atoms in total. The van der Waals surface area contributed by atoms with E-state index >= 15 is 0 Å². The summed E-state index contributed by atoms with van der Waals surface area (Å²) < 4.78 is 21.1. The quantitative estimate of drug-likeness (QED) is 0.465. The van der Waals surface area contributed by atoms with Crippen molar-refractivity contribution >= 4 is 8.80 Å². The zero-order chi connectivity index (χ0) is 10.3. The van der Waals surface area contributed by atoms with E-state index < -0.39 is 8.80 Å². The van der Waals surface area contributed by atoms with Crippen molar-refractivity contribution in [2.75, 3.05) is 21.3 Å². The van der Waals surface area contributed by atoms with Gasteiger partial charge in [-0.3, -0.25) is 0 Å². The summed E-state index contributed by atoms with van der Waals surface area (Å²) in [4.78, 5) is 0. The third-order valence-corrected chi connectivity index (χ3v) is 4.92. The molecule has 0 aromatic heterocycles. The van der Waals surface area contributed by atoms with Gasteiger partial charge >= 0.3 is 8.80 Å². The number of hydrogen-bond donors (Lipinski definition) is 0. The van der Waals surface area contributed by atoms with E-state index in [-0.39, 0.29) is 5.73 Å². The van der Waals surface area contributed by atoms with Crippen molar-refractivity contribution in [3.63, 3.8) is 0 Å². The van der Waals surface area contributed by atoms with Crippen LogP contribution in [0.3, 0.4) is 0 Å². The first kappa shape index (κ1) is 12.6. The first-order valence-corrected chi connectivity index (χ1v) is 5.92. The van der Waals surface area contributed by atoms with Crippen molar-refractivity contribution in [3.8, 4) is 0 Å². The number of ether oxygens (including phenoxy) is 1. The third kappa shape index (κ3) is 2.80. The van der Waals surface area contributed by atoms with E-state index in [0.29, 0.717) is 0 Å².